The maximum atomic E-state index is 5.62. The van der Waals surface area contributed by atoms with Crippen LogP contribution in [-0.2, 0) is 6.54 Å². The van der Waals surface area contributed by atoms with Gasteiger partial charge in [-0.1, -0.05) is 22.0 Å². The molecule has 15 heavy (non-hydrogen) atoms. The standard InChI is InChI=1S/C12H17BrN2/c1-15(8-9-2-3-9)11-5-4-10(7-14)12(13)6-11/h4-6,9H,2-3,7-8,14H2,1H3. The Morgan fingerprint density at radius 2 is 2.20 bits per heavy atom. The van der Waals surface area contributed by atoms with Crippen LogP contribution in [0.5, 0.6) is 0 Å². The molecule has 0 atom stereocenters. The normalized spacial score (nSPS) is 15.4. The van der Waals surface area contributed by atoms with Crippen LogP contribution < -0.4 is 10.6 Å². The van der Waals surface area contributed by atoms with Crippen molar-refractivity contribution in [3.8, 4) is 0 Å². The van der Waals surface area contributed by atoms with E-state index in [0.717, 1.165) is 10.4 Å². The third-order valence-corrected chi connectivity index (χ3v) is 3.66. The fourth-order valence-corrected chi connectivity index (χ4v) is 2.26. The number of halogens is 1. The average molecular weight is 269 g/mol. The first-order valence-electron chi connectivity index (χ1n) is 5.40. The molecule has 0 aromatic heterocycles. The number of rotatable bonds is 4. The molecule has 2 rings (SSSR count). The first kappa shape index (κ1) is 11.0. The monoisotopic (exact) mass is 268 g/mol. The van der Waals surface area contributed by atoms with Gasteiger partial charge >= 0.3 is 0 Å². The summed E-state index contributed by atoms with van der Waals surface area (Å²) in [5.41, 5.74) is 8.06. The zero-order chi connectivity index (χ0) is 10.8. The summed E-state index contributed by atoms with van der Waals surface area (Å²) < 4.78 is 1.12. The summed E-state index contributed by atoms with van der Waals surface area (Å²) in [6, 6.07) is 6.41. The van der Waals surface area contributed by atoms with Gasteiger partial charge in [0.05, 0.1) is 0 Å². The fraction of sp³-hybridized carbons (Fsp3) is 0.500. The molecule has 0 heterocycles. The lowest BCUT2D eigenvalue weighted by atomic mass is 10.2. The van der Waals surface area contributed by atoms with Crippen molar-refractivity contribution < 1.29 is 0 Å². The number of nitrogens with zero attached hydrogens (tertiary/aromatic N) is 1. The lowest BCUT2D eigenvalue weighted by molar-refractivity contribution is 0.787. The van der Waals surface area contributed by atoms with Crippen molar-refractivity contribution in [2.24, 2.45) is 11.7 Å². The minimum Gasteiger partial charge on any atom is -0.374 e. The van der Waals surface area contributed by atoms with E-state index >= 15 is 0 Å². The molecule has 2 N–H and O–H groups in total. The summed E-state index contributed by atoms with van der Waals surface area (Å²) in [5.74, 6) is 0.919. The van der Waals surface area contributed by atoms with Crippen LogP contribution in [0.25, 0.3) is 0 Å². The first-order valence-corrected chi connectivity index (χ1v) is 6.19. The predicted molar refractivity (Wildman–Crippen MR) is 68.0 cm³/mol. The summed E-state index contributed by atoms with van der Waals surface area (Å²) in [4.78, 5) is 2.32. The molecular formula is C12H17BrN2. The highest BCUT2D eigenvalue weighted by molar-refractivity contribution is 9.10. The van der Waals surface area contributed by atoms with Gasteiger partial charge < -0.3 is 10.6 Å². The largest absolute Gasteiger partial charge is 0.374 e. The van der Waals surface area contributed by atoms with E-state index in [1.165, 1.54) is 30.6 Å². The SMILES string of the molecule is CN(CC1CC1)c1ccc(CN)c(Br)c1. The van der Waals surface area contributed by atoms with Crippen molar-refractivity contribution in [1.82, 2.24) is 0 Å². The molecule has 0 aliphatic heterocycles. The van der Waals surface area contributed by atoms with Crippen LogP contribution >= 0.6 is 15.9 Å². The van der Waals surface area contributed by atoms with Crippen molar-refractivity contribution in [3.63, 3.8) is 0 Å². The second kappa shape index (κ2) is 4.54. The van der Waals surface area contributed by atoms with E-state index in [2.05, 4.69) is 46.1 Å². The Hall–Kier alpha value is -0.540. The van der Waals surface area contributed by atoms with Gasteiger partial charge in [0.25, 0.3) is 0 Å². The lowest BCUT2D eigenvalue weighted by Crippen LogP contribution is -2.19. The van der Waals surface area contributed by atoms with Gasteiger partial charge in [-0.25, -0.2) is 0 Å². The lowest BCUT2D eigenvalue weighted by Gasteiger charge is -2.19. The Morgan fingerprint density at radius 3 is 2.73 bits per heavy atom. The van der Waals surface area contributed by atoms with Crippen LogP contribution in [0.15, 0.2) is 22.7 Å². The average Bonchev–Trinajstić information content (AvgIpc) is 3.01. The van der Waals surface area contributed by atoms with Crippen LogP contribution in [0.4, 0.5) is 5.69 Å². The number of benzene rings is 1. The molecule has 0 spiro atoms. The van der Waals surface area contributed by atoms with Crippen LogP contribution in [0, 0.1) is 5.92 Å². The molecule has 82 valence electrons. The molecule has 1 aliphatic rings. The number of hydrogen-bond donors (Lipinski definition) is 1. The highest BCUT2D eigenvalue weighted by Crippen LogP contribution is 2.31. The maximum Gasteiger partial charge on any atom is 0.0375 e. The highest BCUT2D eigenvalue weighted by Gasteiger charge is 2.23. The summed E-state index contributed by atoms with van der Waals surface area (Å²) in [5, 5.41) is 0. The number of anilines is 1. The Kier molecular flexibility index (Phi) is 3.32. The van der Waals surface area contributed by atoms with Crippen LogP contribution in [-0.4, -0.2) is 13.6 Å². The summed E-state index contributed by atoms with van der Waals surface area (Å²) >= 11 is 3.55. The molecule has 2 nitrogen and oxygen atoms in total. The molecule has 0 radical (unpaired) electrons. The summed E-state index contributed by atoms with van der Waals surface area (Å²) in [7, 11) is 2.15. The van der Waals surface area contributed by atoms with Crippen molar-refractivity contribution in [2.75, 3.05) is 18.5 Å². The molecule has 1 aliphatic carbocycles. The summed E-state index contributed by atoms with van der Waals surface area (Å²) in [6.07, 6.45) is 2.79. The van der Waals surface area contributed by atoms with E-state index in [1.807, 2.05) is 0 Å². The van der Waals surface area contributed by atoms with Crippen LogP contribution in [0.2, 0.25) is 0 Å². The maximum absolute atomic E-state index is 5.62. The van der Waals surface area contributed by atoms with Gasteiger partial charge in [0.1, 0.15) is 0 Å². The smallest absolute Gasteiger partial charge is 0.0375 e. The van der Waals surface area contributed by atoms with E-state index in [0.29, 0.717) is 6.54 Å². The van der Waals surface area contributed by atoms with Crippen molar-refractivity contribution >= 4 is 21.6 Å². The Morgan fingerprint density at radius 1 is 1.47 bits per heavy atom. The zero-order valence-corrected chi connectivity index (χ0v) is 10.6. The molecule has 1 saturated carbocycles. The van der Waals surface area contributed by atoms with E-state index in [1.54, 1.807) is 0 Å². The summed E-state index contributed by atoms with van der Waals surface area (Å²) in [6.45, 7) is 1.77. The quantitative estimate of drug-likeness (QED) is 0.910. The molecule has 0 amide bonds. The van der Waals surface area contributed by atoms with Gasteiger partial charge in [-0.3, -0.25) is 0 Å². The van der Waals surface area contributed by atoms with Gasteiger partial charge in [0.2, 0.25) is 0 Å². The minimum atomic E-state index is 0.590. The fourth-order valence-electron chi connectivity index (χ4n) is 1.73. The molecule has 0 unspecified atom stereocenters. The third kappa shape index (κ3) is 2.73. The van der Waals surface area contributed by atoms with Gasteiger partial charge in [-0.2, -0.15) is 0 Å². The van der Waals surface area contributed by atoms with Gasteiger partial charge in [-0.15, -0.1) is 0 Å². The van der Waals surface area contributed by atoms with Crippen LogP contribution in [0.1, 0.15) is 18.4 Å². The Labute approximate surface area is 99.6 Å². The molecule has 3 heteroatoms. The van der Waals surface area contributed by atoms with E-state index in [9.17, 15) is 0 Å². The zero-order valence-electron chi connectivity index (χ0n) is 9.04. The van der Waals surface area contributed by atoms with E-state index < -0.39 is 0 Å². The van der Waals surface area contributed by atoms with Gasteiger partial charge in [0.15, 0.2) is 0 Å². The minimum absolute atomic E-state index is 0.590. The second-order valence-electron chi connectivity index (χ2n) is 4.30. The molecule has 0 saturated heterocycles. The number of nitrogens with two attached hydrogens (primary N) is 1. The molecule has 1 aromatic carbocycles. The second-order valence-corrected chi connectivity index (χ2v) is 5.16. The van der Waals surface area contributed by atoms with Crippen molar-refractivity contribution in [3.05, 3.63) is 28.2 Å². The predicted octanol–water partition coefficient (Wildman–Crippen LogP) is 2.75. The molecular weight excluding hydrogens is 252 g/mol. The molecule has 1 aromatic rings. The number of hydrogen-bond acceptors (Lipinski definition) is 2. The van der Waals surface area contributed by atoms with Crippen molar-refractivity contribution in [1.29, 1.82) is 0 Å². The first-order chi connectivity index (χ1) is 7.20. The van der Waals surface area contributed by atoms with Gasteiger partial charge in [-0.05, 0) is 36.5 Å². The Balaban J connectivity index is 2.09. The third-order valence-electron chi connectivity index (χ3n) is 2.93. The van der Waals surface area contributed by atoms with E-state index in [-0.39, 0.29) is 0 Å². The molecule has 0 bridgehead atoms. The highest BCUT2D eigenvalue weighted by atomic mass is 79.9. The van der Waals surface area contributed by atoms with E-state index in [4.69, 9.17) is 5.73 Å². The topological polar surface area (TPSA) is 29.3 Å². The van der Waals surface area contributed by atoms with Gasteiger partial charge in [0, 0.05) is 30.3 Å². The van der Waals surface area contributed by atoms with Crippen molar-refractivity contribution in [2.45, 2.75) is 19.4 Å². The molecule has 1 fully saturated rings. The Bertz CT molecular complexity index is 347. The van der Waals surface area contributed by atoms with Crippen LogP contribution in [0.3, 0.4) is 0 Å².